The summed E-state index contributed by atoms with van der Waals surface area (Å²) in [5.41, 5.74) is 14.3. The molecule has 1 aliphatic rings. The first-order chi connectivity index (χ1) is 35.7. The lowest BCUT2D eigenvalue weighted by atomic mass is 10.0. The van der Waals surface area contributed by atoms with Crippen LogP contribution in [0.4, 0.5) is 0 Å². The number of para-hydroxylation sites is 1. The van der Waals surface area contributed by atoms with Crippen LogP contribution < -0.4 is 48.7 Å². The van der Waals surface area contributed by atoms with E-state index in [4.69, 9.17) is 21.4 Å². The Hall–Kier alpha value is -7.15. The van der Waals surface area contributed by atoms with Crippen molar-refractivity contribution in [3.8, 4) is 5.75 Å². The molecular weight excluding hydrogens is 1010 g/mol. The highest BCUT2D eigenvalue weighted by molar-refractivity contribution is 8.76. The lowest BCUT2D eigenvalue weighted by Crippen LogP contribution is -2.61. The van der Waals surface area contributed by atoms with Gasteiger partial charge in [0.05, 0.1) is 6.04 Å². The minimum Gasteiger partial charge on any atom is -0.508 e. The van der Waals surface area contributed by atoms with Crippen molar-refractivity contribution in [1.82, 2.24) is 42.2 Å². The van der Waals surface area contributed by atoms with Gasteiger partial charge in [-0.15, -0.1) is 0 Å². The van der Waals surface area contributed by atoms with E-state index in [0.717, 1.165) is 39.4 Å². The number of nitrogens with one attached hydrogen (secondary N) is 8. The number of amides is 7. The Morgan fingerprint density at radius 1 is 0.680 bits per heavy atom. The number of nitrogens with two attached hydrogens (primary N) is 2. The molecule has 1 aromatic heterocycles. The molecule has 22 nitrogen and oxygen atoms in total. The predicted molar refractivity (Wildman–Crippen MR) is 285 cm³/mol. The summed E-state index contributed by atoms with van der Waals surface area (Å²) in [5.74, 6) is -8.52. The maximum Gasteiger partial charge on any atom is 0.326 e. The highest BCUT2D eigenvalue weighted by Crippen LogP contribution is 2.25. The van der Waals surface area contributed by atoms with E-state index >= 15 is 0 Å². The molecular formula is C51H68N10O12S2. The molecule has 0 spiro atoms. The van der Waals surface area contributed by atoms with Gasteiger partial charge in [-0.25, -0.2) is 4.79 Å². The Morgan fingerprint density at radius 2 is 1.20 bits per heavy atom. The topological polar surface area (TPSA) is 366 Å². The van der Waals surface area contributed by atoms with Crippen LogP contribution in [-0.2, 0) is 62.4 Å². The maximum absolute atomic E-state index is 14.7. The van der Waals surface area contributed by atoms with Crippen molar-refractivity contribution < 1.29 is 58.5 Å². The number of benzene rings is 3. The number of carboxylic acids is 2. The third-order valence-corrected chi connectivity index (χ3v) is 14.1. The van der Waals surface area contributed by atoms with Gasteiger partial charge in [0.2, 0.25) is 41.4 Å². The Kier molecular flexibility index (Phi) is 24.4. The van der Waals surface area contributed by atoms with E-state index in [1.165, 1.54) is 19.1 Å². The lowest BCUT2D eigenvalue weighted by molar-refractivity contribution is -0.143. The molecule has 0 bridgehead atoms. The second-order valence-electron chi connectivity index (χ2n) is 18.2. The number of H-pyrrole nitrogens is 1. The standard InChI is InChI=1S/C49H64N10O10S2.C2H4O2/c1-27(2)41(49(68)69)59-48(67)40-26-71-70-25-39(57-42(61)28(3)51)47(66)55-36(21-29-11-5-4-6-12-29)44(63)56-38(23-31-24-52-34-14-8-7-13-33(31)34)46(65)53-35(15-9-10-20-50)43(62)54-37(45(64)58-40)22-30-16-18-32(60)19-17-30;1-2(3)4/h4-8,11-14,16-19,24,27-28,35-41,52,60H,9-10,15,20-23,25-26,50-51H2,1-3H3,(H,53,65)(H,54,62)(H,55,66)(H,56,63)(H,57,61)(H,58,64)(H,59,67)(H,68,69);1H3,(H,3,4)/t28-,35?,36-,37?,38-,39?,40-,41-;/m0./s1. The number of aromatic nitrogens is 1. The number of rotatable bonds is 16. The van der Waals surface area contributed by atoms with Gasteiger partial charge in [-0.05, 0) is 73.5 Å². The summed E-state index contributed by atoms with van der Waals surface area (Å²) in [5, 5.41) is 47.2. The van der Waals surface area contributed by atoms with Crippen LogP contribution >= 0.6 is 21.6 Å². The molecule has 0 aliphatic carbocycles. The van der Waals surface area contributed by atoms with E-state index in [0.29, 0.717) is 29.5 Å². The van der Waals surface area contributed by atoms with E-state index < -0.39 is 108 Å². The number of carbonyl (C=O) groups excluding carboxylic acids is 7. The van der Waals surface area contributed by atoms with E-state index in [1.54, 1.807) is 62.5 Å². The number of carbonyl (C=O) groups is 9. The van der Waals surface area contributed by atoms with Crippen molar-refractivity contribution in [3.05, 3.63) is 102 Å². The van der Waals surface area contributed by atoms with E-state index in [2.05, 4.69) is 42.2 Å². The van der Waals surface area contributed by atoms with Crippen LogP contribution in [0, 0.1) is 5.92 Å². The second kappa shape index (κ2) is 30.3. The normalized spacial score (nSPS) is 21.1. The zero-order valence-electron chi connectivity index (χ0n) is 42.1. The van der Waals surface area contributed by atoms with Gasteiger partial charge in [0.1, 0.15) is 48.0 Å². The quantitative estimate of drug-likeness (QED) is 0.0550. The minimum atomic E-state index is -1.42. The molecule has 1 fully saturated rings. The number of aromatic hydroxyl groups is 1. The summed E-state index contributed by atoms with van der Waals surface area (Å²) in [6, 6.07) is 11.7. The number of phenols is 1. The molecule has 75 heavy (non-hydrogen) atoms. The smallest absolute Gasteiger partial charge is 0.326 e. The third-order valence-electron chi connectivity index (χ3n) is 11.7. The van der Waals surface area contributed by atoms with Crippen molar-refractivity contribution >= 4 is 85.8 Å². The van der Waals surface area contributed by atoms with E-state index in [1.807, 2.05) is 24.3 Å². The number of phenolic OH excluding ortho intramolecular Hbond substituents is 1. The van der Waals surface area contributed by atoms with Gasteiger partial charge in [-0.1, -0.05) is 96.1 Å². The SMILES string of the molecule is CC(=O)O.CC(C)[C@H](NC(=O)[C@@H]1CSSCC(NC(=O)[C@H](C)N)C(=O)N[C@@H](Cc2ccccc2)C(=O)N[C@@H](Cc2c[nH]c3ccccc23)C(=O)NC(CCCCN)C(=O)NC(Cc2ccc(O)cc2)C(=O)N1)C(=O)O. The molecule has 24 heteroatoms. The van der Waals surface area contributed by atoms with E-state index in [-0.39, 0.29) is 49.5 Å². The van der Waals surface area contributed by atoms with Crippen molar-refractivity contribution in [1.29, 1.82) is 0 Å². The number of hydrogen-bond acceptors (Lipinski definition) is 14. The molecule has 0 saturated carbocycles. The number of aromatic amines is 1. The molecule has 15 N–H and O–H groups in total. The molecule has 5 rings (SSSR count). The molecule has 4 aromatic rings. The average molecular weight is 1080 g/mol. The molecule has 7 amide bonds. The Morgan fingerprint density at radius 3 is 1.79 bits per heavy atom. The monoisotopic (exact) mass is 1080 g/mol. The first-order valence-corrected chi connectivity index (χ1v) is 26.8. The van der Waals surface area contributed by atoms with Gasteiger partial charge in [0, 0.05) is 54.8 Å². The molecule has 3 unspecified atom stereocenters. The molecule has 1 aliphatic heterocycles. The number of carboxylic acid groups (broad SMARTS) is 2. The molecule has 406 valence electrons. The molecule has 1 saturated heterocycles. The lowest BCUT2D eigenvalue weighted by Gasteiger charge is -2.29. The van der Waals surface area contributed by atoms with Crippen LogP contribution in [0.5, 0.6) is 5.75 Å². The van der Waals surface area contributed by atoms with E-state index in [9.17, 15) is 48.6 Å². The Balaban J connectivity index is 0.00000293. The molecule has 8 atom stereocenters. The van der Waals surface area contributed by atoms with Crippen molar-refractivity contribution in [2.24, 2.45) is 17.4 Å². The van der Waals surface area contributed by atoms with Crippen molar-refractivity contribution in [3.63, 3.8) is 0 Å². The van der Waals surface area contributed by atoms with Crippen LogP contribution in [0.3, 0.4) is 0 Å². The van der Waals surface area contributed by atoms with Crippen LogP contribution in [0.25, 0.3) is 10.9 Å². The first-order valence-electron chi connectivity index (χ1n) is 24.3. The number of unbranched alkanes of at least 4 members (excludes halogenated alkanes) is 1. The highest BCUT2D eigenvalue weighted by atomic mass is 33.1. The minimum absolute atomic E-state index is 0.0353. The maximum atomic E-state index is 14.7. The zero-order valence-corrected chi connectivity index (χ0v) is 43.8. The van der Waals surface area contributed by atoms with Gasteiger partial charge in [-0.3, -0.25) is 38.4 Å². The zero-order chi connectivity index (χ0) is 55.2. The molecule has 2 heterocycles. The van der Waals surface area contributed by atoms with Crippen LogP contribution in [0.15, 0.2) is 85.1 Å². The number of hydrogen-bond donors (Lipinski definition) is 13. The molecule has 3 aromatic carbocycles. The summed E-state index contributed by atoms with van der Waals surface area (Å²) >= 11 is 0. The summed E-state index contributed by atoms with van der Waals surface area (Å²) in [7, 11) is 2.07. The Bertz CT molecular complexity index is 2580. The van der Waals surface area contributed by atoms with Gasteiger partial charge in [-0.2, -0.15) is 0 Å². The predicted octanol–water partition coefficient (Wildman–Crippen LogP) is 0.998. The van der Waals surface area contributed by atoms with Crippen LogP contribution in [-0.4, -0.2) is 140 Å². The average Bonchev–Trinajstić information content (AvgIpc) is 3.77. The number of aliphatic carboxylic acids is 2. The summed E-state index contributed by atoms with van der Waals surface area (Å²) in [6.45, 7) is 5.99. The summed E-state index contributed by atoms with van der Waals surface area (Å²) in [4.78, 5) is 124. The fourth-order valence-corrected chi connectivity index (χ4v) is 9.99. The third kappa shape index (κ3) is 19.9. The second-order valence-corrected chi connectivity index (χ2v) is 20.8. The van der Waals surface area contributed by atoms with Gasteiger partial charge in [0.15, 0.2) is 0 Å². The first kappa shape index (κ1) is 60.4. The van der Waals surface area contributed by atoms with Gasteiger partial charge < -0.3 is 69.0 Å². The molecule has 0 radical (unpaired) electrons. The van der Waals surface area contributed by atoms with Crippen molar-refractivity contribution in [2.45, 2.75) is 115 Å². The van der Waals surface area contributed by atoms with Gasteiger partial charge >= 0.3 is 5.97 Å². The highest BCUT2D eigenvalue weighted by Gasteiger charge is 2.36. The summed E-state index contributed by atoms with van der Waals surface area (Å²) in [6.07, 6.45) is 2.35. The van der Waals surface area contributed by atoms with Crippen LogP contribution in [0.1, 0.15) is 63.6 Å². The largest absolute Gasteiger partial charge is 0.508 e. The Labute approximate surface area is 442 Å². The van der Waals surface area contributed by atoms with Crippen molar-refractivity contribution in [2.75, 3.05) is 18.1 Å². The van der Waals surface area contributed by atoms with Crippen LogP contribution in [0.2, 0.25) is 0 Å². The fourth-order valence-electron chi connectivity index (χ4n) is 7.66. The summed E-state index contributed by atoms with van der Waals surface area (Å²) < 4.78 is 0. The number of fused-ring (bicyclic) bond motifs is 1. The fraction of sp³-hybridized carbons (Fsp3) is 0.431. The van der Waals surface area contributed by atoms with Gasteiger partial charge in [0.25, 0.3) is 5.97 Å².